The van der Waals surface area contributed by atoms with E-state index in [1.807, 2.05) is 21.1 Å². The van der Waals surface area contributed by atoms with Crippen molar-refractivity contribution < 1.29 is 33.8 Å². The molecule has 0 bridgehead atoms. The quantitative estimate of drug-likeness (QED) is 0.239. The van der Waals surface area contributed by atoms with Crippen molar-refractivity contribution in [2.75, 3.05) is 34.2 Å². The number of hydrogen-bond acceptors (Lipinski definition) is 7. The summed E-state index contributed by atoms with van der Waals surface area (Å²) >= 11 is 0. The highest BCUT2D eigenvalue weighted by Crippen LogP contribution is 2.04. The number of likely N-dealkylation sites (N-methyl/N-ethyl adjacent to an activating group) is 1. The minimum Gasteiger partial charge on any atom is -0.550 e. The van der Waals surface area contributed by atoms with E-state index >= 15 is 0 Å². The lowest BCUT2D eigenvalue weighted by Gasteiger charge is -2.28. The van der Waals surface area contributed by atoms with Crippen LogP contribution in [-0.4, -0.2) is 73.9 Å². The number of unbranched alkanes of at least 4 members (excludes halogenated alkanes) is 1. The van der Waals surface area contributed by atoms with Crippen LogP contribution in [0, 0.1) is 0 Å². The summed E-state index contributed by atoms with van der Waals surface area (Å²) in [6.45, 7) is 2.32. The highest BCUT2D eigenvalue weighted by molar-refractivity contribution is 5.72. The second-order valence-electron chi connectivity index (χ2n) is 6.51. The molecule has 0 heterocycles. The third-order valence-corrected chi connectivity index (χ3v) is 2.76. The van der Waals surface area contributed by atoms with Gasteiger partial charge in [0.2, 0.25) is 0 Å². The average molecular weight is 349 g/mol. The molecule has 24 heavy (non-hydrogen) atoms. The van der Waals surface area contributed by atoms with Crippen LogP contribution in [-0.2, 0) is 19.1 Å². The number of aliphatic carboxylic acids is 2. The van der Waals surface area contributed by atoms with Crippen LogP contribution in [0.25, 0.3) is 0 Å². The van der Waals surface area contributed by atoms with Crippen LogP contribution in [0.2, 0.25) is 0 Å². The number of hydrogen-bond donors (Lipinski definition) is 3. The number of nitrogens with zero attached hydrogens (tertiary/aromatic N) is 1. The Morgan fingerprint density at radius 1 is 1.21 bits per heavy atom. The van der Waals surface area contributed by atoms with Gasteiger partial charge in [0, 0.05) is 19.3 Å². The topological polar surface area (TPSA) is 156 Å². The third-order valence-electron chi connectivity index (χ3n) is 2.76. The van der Waals surface area contributed by atoms with Crippen LogP contribution in [0.15, 0.2) is 0 Å². The van der Waals surface area contributed by atoms with E-state index in [-0.39, 0.29) is 6.42 Å². The molecule has 0 rings (SSSR count). The molecule has 1 unspecified atom stereocenters. The fourth-order valence-electron chi connectivity index (χ4n) is 1.81. The number of carboxylic acid groups (broad SMARTS) is 2. The molecule has 0 amide bonds. The van der Waals surface area contributed by atoms with E-state index in [0.29, 0.717) is 24.0 Å². The minimum absolute atomic E-state index is 0.255. The maximum atomic E-state index is 10.7. The number of carbonyl (C=O) groups excluding carboxylic acids is 2. The van der Waals surface area contributed by atoms with Crippen molar-refractivity contribution in [3.63, 3.8) is 0 Å². The monoisotopic (exact) mass is 349 g/mol. The van der Waals surface area contributed by atoms with Crippen LogP contribution in [0.4, 0.5) is 0 Å². The van der Waals surface area contributed by atoms with E-state index in [4.69, 9.17) is 21.3 Å². The summed E-state index contributed by atoms with van der Waals surface area (Å²) in [4.78, 5) is 31.2. The molecular weight excluding hydrogens is 318 g/mol. The van der Waals surface area contributed by atoms with E-state index in [9.17, 15) is 19.5 Å². The molecule has 0 aromatic carbocycles. The SMILES string of the molecule is CC(=O)OC(CC(=O)[O-])C[N+](C)(C)C.NCCCC[C@H](N)C(=O)O. The molecule has 9 heteroatoms. The lowest BCUT2D eigenvalue weighted by Crippen LogP contribution is -2.45. The van der Waals surface area contributed by atoms with Crippen molar-refractivity contribution in [2.24, 2.45) is 11.5 Å². The Hall–Kier alpha value is -1.71. The Morgan fingerprint density at radius 3 is 2.08 bits per heavy atom. The first-order chi connectivity index (χ1) is 10.9. The predicted octanol–water partition coefficient (Wildman–Crippen LogP) is -1.71. The Morgan fingerprint density at radius 2 is 1.75 bits per heavy atom. The van der Waals surface area contributed by atoms with Crippen molar-refractivity contribution in [3.05, 3.63) is 0 Å². The number of rotatable bonds is 10. The van der Waals surface area contributed by atoms with Crippen LogP contribution in [0.5, 0.6) is 0 Å². The summed E-state index contributed by atoms with van der Waals surface area (Å²) in [5.41, 5.74) is 10.4. The van der Waals surface area contributed by atoms with Gasteiger partial charge < -0.3 is 35.7 Å². The van der Waals surface area contributed by atoms with Gasteiger partial charge in [0.15, 0.2) is 6.10 Å². The summed E-state index contributed by atoms with van der Waals surface area (Å²) in [7, 11) is 5.68. The van der Waals surface area contributed by atoms with Crippen molar-refractivity contribution in [1.29, 1.82) is 0 Å². The van der Waals surface area contributed by atoms with Crippen LogP contribution >= 0.6 is 0 Å². The first kappa shape index (κ1) is 24.5. The lowest BCUT2D eigenvalue weighted by molar-refractivity contribution is -0.873. The van der Waals surface area contributed by atoms with E-state index < -0.39 is 30.1 Å². The third kappa shape index (κ3) is 18.3. The van der Waals surface area contributed by atoms with E-state index in [1.54, 1.807) is 0 Å². The van der Waals surface area contributed by atoms with Gasteiger partial charge in [0.25, 0.3) is 0 Å². The van der Waals surface area contributed by atoms with Crippen LogP contribution < -0.4 is 16.6 Å². The number of esters is 1. The van der Waals surface area contributed by atoms with Gasteiger partial charge in [-0.3, -0.25) is 9.59 Å². The van der Waals surface area contributed by atoms with Gasteiger partial charge in [-0.15, -0.1) is 0 Å². The lowest BCUT2D eigenvalue weighted by atomic mass is 10.1. The van der Waals surface area contributed by atoms with Gasteiger partial charge in [0.05, 0.1) is 21.1 Å². The molecule has 2 atom stereocenters. The maximum Gasteiger partial charge on any atom is 0.320 e. The summed E-state index contributed by atoms with van der Waals surface area (Å²) in [5, 5.41) is 18.7. The molecule has 5 N–H and O–H groups in total. The molecule has 0 fully saturated rings. The molecule has 0 aliphatic heterocycles. The molecule has 142 valence electrons. The number of carboxylic acids is 2. The molecule has 0 aliphatic rings. The molecule has 0 spiro atoms. The Bertz CT molecular complexity index is 379. The van der Waals surface area contributed by atoms with Crippen molar-refractivity contribution in [3.8, 4) is 0 Å². The smallest absolute Gasteiger partial charge is 0.320 e. The van der Waals surface area contributed by atoms with Crippen LogP contribution in [0.1, 0.15) is 32.6 Å². The fraction of sp³-hybridized carbons (Fsp3) is 0.800. The molecule has 9 nitrogen and oxygen atoms in total. The number of nitrogens with two attached hydrogens (primary N) is 2. The Labute approximate surface area is 143 Å². The number of ether oxygens (including phenoxy) is 1. The van der Waals surface area contributed by atoms with Gasteiger partial charge in [-0.05, 0) is 19.4 Å². The minimum atomic E-state index is -1.20. The van der Waals surface area contributed by atoms with Crippen molar-refractivity contribution in [1.82, 2.24) is 0 Å². The van der Waals surface area contributed by atoms with Crippen molar-refractivity contribution >= 4 is 17.9 Å². The summed E-state index contributed by atoms with van der Waals surface area (Å²) in [6.07, 6.45) is 1.30. The molecule has 0 aliphatic carbocycles. The average Bonchev–Trinajstić information content (AvgIpc) is 2.35. The maximum absolute atomic E-state index is 10.7. The normalized spacial score (nSPS) is 13.2. The molecule has 0 aromatic heterocycles. The van der Waals surface area contributed by atoms with E-state index in [0.717, 1.165) is 12.8 Å². The first-order valence-corrected chi connectivity index (χ1v) is 7.75. The second kappa shape index (κ2) is 12.7. The van der Waals surface area contributed by atoms with Gasteiger partial charge in [-0.2, -0.15) is 0 Å². The summed E-state index contributed by atoms with van der Waals surface area (Å²) in [5.74, 6) is -2.61. The predicted molar refractivity (Wildman–Crippen MR) is 86.6 cm³/mol. The largest absolute Gasteiger partial charge is 0.550 e. The first-order valence-electron chi connectivity index (χ1n) is 7.75. The van der Waals surface area contributed by atoms with Gasteiger partial charge in [-0.1, -0.05) is 6.42 Å². The number of carbonyl (C=O) groups is 3. The molecule has 0 saturated heterocycles. The zero-order chi connectivity index (χ0) is 19.3. The van der Waals surface area contributed by atoms with E-state index in [2.05, 4.69) is 0 Å². The van der Waals surface area contributed by atoms with Crippen LogP contribution in [0.3, 0.4) is 0 Å². The molecule has 0 saturated carbocycles. The van der Waals surface area contributed by atoms with E-state index in [1.165, 1.54) is 6.92 Å². The zero-order valence-electron chi connectivity index (χ0n) is 15.0. The van der Waals surface area contributed by atoms with Gasteiger partial charge in [-0.25, -0.2) is 0 Å². The highest BCUT2D eigenvalue weighted by atomic mass is 16.5. The molecule has 0 aromatic rings. The standard InChI is InChI=1S/C9H17NO4.C6H14N2O2/c1-7(11)14-8(5-9(12)13)6-10(2,3)4;7-4-2-1-3-5(8)6(9)10/h8H,5-6H2,1-4H3;5H,1-4,7-8H2,(H,9,10)/t;5-/m.0/s1. The Kier molecular flexibility index (Phi) is 13.0. The number of quaternary nitrogens is 1. The Balaban J connectivity index is 0. The second-order valence-corrected chi connectivity index (χ2v) is 6.51. The van der Waals surface area contributed by atoms with Gasteiger partial charge >= 0.3 is 11.9 Å². The van der Waals surface area contributed by atoms with Crippen molar-refractivity contribution in [2.45, 2.75) is 44.8 Å². The summed E-state index contributed by atoms with van der Waals surface area (Å²) < 4.78 is 5.39. The summed E-state index contributed by atoms with van der Waals surface area (Å²) in [6, 6.07) is -0.716. The highest BCUT2D eigenvalue weighted by Gasteiger charge is 2.20. The molecule has 0 radical (unpaired) electrons. The zero-order valence-corrected chi connectivity index (χ0v) is 15.0. The fourth-order valence-corrected chi connectivity index (χ4v) is 1.81. The van der Waals surface area contributed by atoms with Gasteiger partial charge in [0.1, 0.15) is 12.6 Å². The molecular formula is C15H31N3O6.